The molecule has 0 bridgehead atoms. The van der Waals surface area contributed by atoms with Crippen LogP contribution in [0.15, 0.2) is 59.0 Å². The molecule has 1 atom stereocenters. The number of halogens is 2. The molecule has 5 nitrogen and oxygen atoms in total. The molecule has 3 rings (SSSR count). The third kappa shape index (κ3) is 6.57. The predicted octanol–water partition coefficient (Wildman–Crippen LogP) is 6.49. The molecule has 0 unspecified atom stereocenters. The van der Waals surface area contributed by atoms with Crippen molar-refractivity contribution in [1.82, 2.24) is 0 Å². The van der Waals surface area contributed by atoms with Crippen LogP contribution in [0.2, 0.25) is 5.02 Å². The van der Waals surface area contributed by atoms with Gasteiger partial charge in [0.15, 0.2) is 0 Å². The number of aldehydes is 1. The quantitative estimate of drug-likeness (QED) is 0.191. The molecular weight excluding hydrogens is 453 g/mol. The third-order valence-corrected chi connectivity index (χ3v) is 6.93. The summed E-state index contributed by atoms with van der Waals surface area (Å²) in [7, 11) is 1.92. The van der Waals surface area contributed by atoms with Gasteiger partial charge in [-0.05, 0) is 83.4 Å². The number of carbonyl (C=O) groups excluding carboxylic acids is 1. The van der Waals surface area contributed by atoms with Crippen molar-refractivity contribution in [3.8, 4) is 0 Å². The Morgan fingerprint density at radius 1 is 1.29 bits per heavy atom. The number of hydrogen-bond acceptors (Lipinski definition) is 4. The van der Waals surface area contributed by atoms with Crippen LogP contribution >= 0.6 is 11.6 Å². The van der Waals surface area contributed by atoms with Crippen LogP contribution in [-0.4, -0.2) is 44.0 Å². The van der Waals surface area contributed by atoms with Crippen LogP contribution in [0.25, 0.3) is 0 Å². The van der Waals surface area contributed by atoms with Crippen molar-refractivity contribution in [3.63, 3.8) is 0 Å². The molecule has 0 N–H and O–H groups in total. The second-order valence-electron chi connectivity index (χ2n) is 9.50. The number of piperidine rings is 1. The highest BCUT2D eigenvalue weighted by molar-refractivity contribution is 6.33. The number of ether oxygens (including phenoxy) is 1. The Morgan fingerprint density at radius 3 is 2.62 bits per heavy atom. The monoisotopic (exact) mass is 487 g/mol. The summed E-state index contributed by atoms with van der Waals surface area (Å²) in [5, 5.41) is 0.687. The molecule has 1 aliphatic heterocycles. The molecule has 34 heavy (non-hydrogen) atoms. The van der Waals surface area contributed by atoms with Gasteiger partial charge in [-0.2, -0.15) is 0 Å². The van der Waals surface area contributed by atoms with E-state index in [1.54, 1.807) is 13.0 Å². The number of carbonyl (C=O) groups is 1. The molecule has 0 spiro atoms. The number of benzene rings is 1. The van der Waals surface area contributed by atoms with E-state index in [1.807, 2.05) is 43.1 Å². The highest BCUT2D eigenvalue weighted by atomic mass is 35.5. The van der Waals surface area contributed by atoms with E-state index in [2.05, 4.69) is 23.7 Å². The normalized spacial score (nSPS) is 20.4. The molecule has 0 saturated carbocycles. The van der Waals surface area contributed by atoms with Crippen LogP contribution in [0, 0.1) is 5.92 Å². The molecule has 2 aliphatic rings. The van der Waals surface area contributed by atoms with Gasteiger partial charge in [-0.1, -0.05) is 17.7 Å². The first-order valence-corrected chi connectivity index (χ1v) is 12.2. The summed E-state index contributed by atoms with van der Waals surface area (Å²) in [6.45, 7) is 9.49. The lowest BCUT2D eigenvalue weighted by atomic mass is 9.85. The lowest BCUT2D eigenvalue weighted by Crippen LogP contribution is -2.43. The highest BCUT2D eigenvalue weighted by Crippen LogP contribution is 2.36. The maximum absolute atomic E-state index is 13.7. The highest BCUT2D eigenvalue weighted by Gasteiger charge is 2.34. The SMILES string of the molecule is CC(=C/C=O)/N=C(/C)N(C)c1ccc(N2CCC(OC(C)(C)[C@@H]3C=C(F)C=CC3)CC2)c(Cl)c1. The molecule has 184 valence electrons. The molecule has 1 aromatic carbocycles. The zero-order valence-corrected chi connectivity index (χ0v) is 21.5. The van der Waals surface area contributed by atoms with Gasteiger partial charge in [0.2, 0.25) is 0 Å². The molecule has 1 aromatic rings. The predicted molar refractivity (Wildman–Crippen MR) is 140 cm³/mol. The topological polar surface area (TPSA) is 45.1 Å². The first-order valence-electron chi connectivity index (χ1n) is 11.8. The number of aliphatic imine (C=N–C) groups is 1. The van der Waals surface area contributed by atoms with E-state index in [0.717, 1.165) is 55.8 Å². The van der Waals surface area contributed by atoms with Crippen molar-refractivity contribution in [3.05, 3.63) is 59.0 Å². The fourth-order valence-corrected chi connectivity index (χ4v) is 4.77. The van der Waals surface area contributed by atoms with Crippen LogP contribution < -0.4 is 9.80 Å². The van der Waals surface area contributed by atoms with E-state index >= 15 is 0 Å². The molecule has 1 saturated heterocycles. The Hall–Kier alpha value is -2.44. The van der Waals surface area contributed by atoms with Crippen molar-refractivity contribution in [2.75, 3.05) is 29.9 Å². The van der Waals surface area contributed by atoms with E-state index in [-0.39, 0.29) is 17.8 Å². The Morgan fingerprint density at radius 2 is 2.00 bits per heavy atom. The van der Waals surface area contributed by atoms with Crippen LogP contribution in [0.5, 0.6) is 0 Å². The second kappa shape index (κ2) is 11.3. The Labute approximate surface area is 207 Å². The maximum atomic E-state index is 13.7. The average molecular weight is 488 g/mol. The van der Waals surface area contributed by atoms with Gasteiger partial charge in [-0.15, -0.1) is 0 Å². The minimum Gasteiger partial charge on any atom is -0.372 e. The Bertz CT molecular complexity index is 1010. The van der Waals surface area contributed by atoms with Crippen LogP contribution in [0.4, 0.5) is 15.8 Å². The van der Waals surface area contributed by atoms with Gasteiger partial charge in [-0.25, -0.2) is 9.38 Å². The van der Waals surface area contributed by atoms with E-state index in [9.17, 15) is 9.18 Å². The van der Waals surface area contributed by atoms with Crippen molar-refractivity contribution < 1.29 is 13.9 Å². The summed E-state index contributed by atoms with van der Waals surface area (Å²) in [5.74, 6) is 0.628. The zero-order chi connectivity index (χ0) is 24.9. The van der Waals surface area contributed by atoms with Gasteiger partial charge in [0.25, 0.3) is 0 Å². The number of anilines is 2. The molecular formula is C27H35ClFN3O2. The van der Waals surface area contributed by atoms with E-state index in [4.69, 9.17) is 16.3 Å². The van der Waals surface area contributed by atoms with Gasteiger partial charge < -0.3 is 14.5 Å². The number of rotatable bonds is 7. The Balaban J connectivity index is 1.61. The van der Waals surface area contributed by atoms with Crippen molar-refractivity contribution in [2.24, 2.45) is 10.9 Å². The fraction of sp³-hybridized carbons (Fsp3) is 0.481. The Kier molecular flexibility index (Phi) is 8.72. The molecule has 1 fully saturated rings. The first kappa shape index (κ1) is 26.2. The van der Waals surface area contributed by atoms with Crippen molar-refractivity contribution in [1.29, 1.82) is 0 Å². The standard InChI is InChI=1S/C27H35ClFN3O2/c1-19(13-16-33)30-20(2)31(5)23-9-10-26(25(28)18-23)32-14-11-24(12-15-32)34-27(3,4)21-7-6-8-22(29)17-21/h6,8-10,13,16-18,21,24H,7,11-12,14-15H2,1-5H3/b19-13-,30-20-/t21-/m0/s1. The number of hydrogen-bond donors (Lipinski definition) is 0. The molecule has 1 aliphatic carbocycles. The summed E-state index contributed by atoms with van der Waals surface area (Å²) >= 11 is 6.68. The number of allylic oxidation sites excluding steroid dienone is 5. The van der Waals surface area contributed by atoms with Crippen LogP contribution in [0.1, 0.15) is 47.0 Å². The third-order valence-electron chi connectivity index (χ3n) is 6.62. The summed E-state index contributed by atoms with van der Waals surface area (Å²) in [5.41, 5.74) is 2.16. The van der Waals surface area contributed by atoms with Crippen molar-refractivity contribution in [2.45, 2.75) is 58.7 Å². The minimum absolute atomic E-state index is 0.0409. The summed E-state index contributed by atoms with van der Waals surface area (Å²) in [6.07, 6.45) is 9.98. The van der Waals surface area contributed by atoms with E-state index < -0.39 is 5.60 Å². The first-order chi connectivity index (χ1) is 16.1. The summed E-state index contributed by atoms with van der Waals surface area (Å²) in [4.78, 5) is 19.3. The molecule has 1 heterocycles. The van der Waals surface area contributed by atoms with E-state index in [1.165, 1.54) is 12.2 Å². The maximum Gasteiger partial charge on any atom is 0.144 e. The van der Waals surface area contributed by atoms with Crippen molar-refractivity contribution >= 4 is 35.1 Å². The van der Waals surface area contributed by atoms with Gasteiger partial charge in [0.05, 0.1) is 22.4 Å². The van der Waals surface area contributed by atoms with Gasteiger partial charge >= 0.3 is 0 Å². The lowest BCUT2D eigenvalue weighted by molar-refractivity contribution is -0.104. The second-order valence-corrected chi connectivity index (χ2v) is 9.91. The lowest BCUT2D eigenvalue weighted by Gasteiger charge is -2.40. The van der Waals surface area contributed by atoms with Crippen LogP contribution in [0.3, 0.4) is 0 Å². The molecule has 0 radical (unpaired) electrons. The molecule has 7 heteroatoms. The van der Waals surface area contributed by atoms with Crippen LogP contribution in [-0.2, 0) is 9.53 Å². The number of nitrogens with zero attached hydrogens (tertiary/aromatic N) is 3. The average Bonchev–Trinajstić information content (AvgIpc) is 2.79. The minimum atomic E-state index is -0.419. The summed E-state index contributed by atoms with van der Waals surface area (Å²) in [6, 6.07) is 6.02. The van der Waals surface area contributed by atoms with Gasteiger partial charge in [0, 0.05) is 37.4 Å². The largest absolute Gasteiger partial charge is 0.372 e. The molecule has 0 amide bonds. The number of amidine groups is 1. The smallest absolute Gasteiger partial charge is 0.144 e. The fourth-order valence-electron chi connectivity index (χ4n) is 4.47. The van der Waals surface area contributed by atoms with Gasteiger partial charge in [-0.3, -0.25) is 4.79 Å². The zero-order valence-electron chi connectivity index (χ0n) is 20.7. The van der Waals surface area contributed by atoms with E-state index in [0.29, 0.717) is 10.7 Å². The molecule has 0 aromatic heterocycles. The summed E-state index contributed by atoms with van der Waals surface area (Å²) < 4.78 is 20.2. The van der Waals surface area contributed by atoms with Gasteiger partial charge in [0.1, 0.15) is 17.9 Å².